The van der Waals surface area contributed by atoms with Crippen molar-refractivity contribution in [2.45, 2.75) is 5.41 Å². The van der Waals surface area contributed by atoms with Crippen molar-refractivity contribution in [1.29, 1.82) is 0 Å². The summed E-state index contributed by atoms with van der Waals surface area (Å²) in [6.45, 7) is 0. The van der Waals surface area contributed by atoms with E-state index in [2.05, 4.69) is 231 Å². The molecule has 13 aromatic rings. The molecular weight excluding hydrogens is 899 g/mol. The fourth-order valence-electron chi connectivity index (χ4n) is 12.1. The van der Waals surface area contributed by atoms with Crippen molar-refractivity contribution in [3.63, 3.8) is 0 Å². The van der Waals surface area contributed by atoms with E-state index in [-0.39, 0.29) is 5.41 Å². The zero-order valence-corrected chi connectivity index (χ0v) is 40.1. The van der Waals surface area contributed by atoms with Crippen LogP contribution >= 0.6 is 0 Å². The fourth-order valence-corrected chi connectivity index (χ4v) is 12.1. The quantitative estimate of drug-likeness (QED) is 0.160. The molecule has 2 aromatic heterocycles. The van der Waals surface area contributed by atoms with Crippen molar-refractivity contribution in [3.05, 3.63) is 283 Å². The summed E-state index contributed by atoms with van der Waals surface area (Å²) in [5.41, 5.74) is 23.6. The first-order chi connectivity index (χ1) is 36.7. The van der Waals surface area contributed by atoms with Crippen LogP contribution in [-0.4, -0.2) is 15.0 Å². The largest absolute Gasteiger partial charge is 0.456 e. The molecule has 0 N–H and O–H groups in total. The van der Waals surface area contributed by atoms with Crippen molar-refractivity contribution < 1.29 is 4.42 Å². The lowest BCUT2D eigenvalue weighted by molar-refractivity contribution is 0.669. The lowest BCUT2D eigenvalue weighted by Gasteiger charge is -2.30. The van der Waals surface area contributed by atoms with Gasteiger partial charge >= 0.3 is 0 Å². The van der Waals surface area contributed by atoms with Crippen molar-refractivity contribution in [2.75, 3.05) is 0 Å². The van der Waals surface area contributed by atoms with E-state index in [4.69, 9.17) is 19.4 Å². The Morgan fingerprint density at radius 2 is 0.662 bits per heavy atom. The highest BCUT2D eigenvalue weighted by molar-refractivity contribution is 6.13. The molecule has 0 amide bonds. The SMILES string of the molecule is c1ccc(-c2ccc(-c3nc(-c4ccccc4-c4ccccc4)nc(-c4cccc5oc6ccc(-c7ccc(-c8ccc9c(c8)-c8ccccc8C98c9ccccc9-c9ccccc98)cc7)cc6c45)n3)cc2)cc1. The van der Waals surface area contributed by atoms with Gasteiger partial charge in [-0.25, -0.2) is 15.0 Å². The first-order valence-corrected chi connectivity index (χ1v) is 25.2. The van der Waals surface area contributed by atoms with Crippen molar-refractivity contribution in [3.8, 4) is 101 Å². The van der Waals surface area contributed by atoms with Gasteiger partial charge in [0.15, 0.2) is 17.5 Å². The summed E-state index contributed by atoms with van der Waals surface area (Å²) in [7, 11) is 0. The maximum Gasteiger partial charge on any atom is 0.164 e. The second kappa shape index (κ2) is 16.7. The van der Waals surface area contributed by atoms with E-state index in [9.17, 15) is 0 Å². The Morgan fingerprint density at radius 3 is 1.30 bits per heavy atom. The van der Waals surface area contributed by atoms with Crippen molar-refractivity contribution >= 4 is 21.9 Å². The molecule has 1 spiro atoms. The number of benzene rings is 11. The van der Waals surface area contributed by atoms with Crippen LogP contribution in [0.1, 0.15) is 22.3 Å². The molecule has 344 valence electrons. The molecule has 0 atom stereocenters. The normalized spacial score (nSPS) is 12.7. The molecule has 2 aliphatic carbocycles. The fraction of sp³-hybridized carbons (Fsp3) is 0.0143. The van der Waals surface area contributed by atoms with E-state index in [0.29, 0.717) is 17.5 Å². The van der Waals surface area contributed by atoms with Gasteiger partial charge in [0.2, 0.25) is 0 Å². The molecule has 15 rings (SSSR count). The van der Waals surface area contributed by atoms with Gasteiger partial charge in [-0.1, -0.05) is 237 Å². The third kappa shape index (κ3) is 6.45. The summed E-state index contributed by atoms with van der Waals surface area (Å²) in [6.07, 6.45) is 0. The first kappa shape index (κ1) is 42.0. The van der Waals surface area contributed by atoms with Gasteiger partial charge in [-0.05, 0) is 113 Å². The maximum absolute atomic E-state index is 6.61. The predicted octanol–water partition coefficient (Wildman–Crippen LogP) is 17.8. The highest BCUT2D eigenvalue weighted by atomic mass is 16.3. The average Bonchev–Trinajstić information content (AvgIpc) is 4.22. The number of nitrogens with zero attached hydrogens (tertiary/aromatic N) is 3. The van der Waals surface area contributed by atoms with Crippen molar-refractivity contribution in [1.82, 2.24) is 15.0 Å². The maximum atomic E-state index is 6.61. The van der Waals surface area contributed by atoms with E-state index in [1.807, 2.05) is 30.3 Å². The summed E-state index contributed by atoms with van der Waals surface area (Å²) in [6, 6.07) is 93.4. The summed E-state index contributed by atoms with van der Waals surface area (Å²) in [4.78, 5) is 15.8. The molecule has 4 heteroatoms. The minimum atomic E-state index is -0.353. The van der Waals surface area contributed by atoms with Gasteiger partial charge in [-0.3, -0.25) is 0 Å². The Balaban J connectivity index is 0.822. The smallest absolute Gasteiger partial charge is 0.164 e. The van der Waals surface area contributed by atoms with E-state index in [1.54, 1.807) is 0 Å². The van der Waals surface area contributed by atoms with Gasteiger partial charge in [0.05, 0.1) is 5.41 Å². The van der Waals surface area contributed by atoms with Gasteiger partial charge in [-0.15, -0.1) is 0 Å². The van der Waals surface area contributed by atoms with E-state index >= 15 is 0 Å². The first-order valence-electron chi connectivity index (χ1n) is 25.2. The highest BCUT2D eigenvalue weighted by Gasteiger charge is 2.51. The summed E-state index contributed by atoms with van der Waals surface area (Å²) < 4.78 is 6.61. The van der Waals surface area contributed by atoms with Gasteiger partial charge < -0.3 is 4.42 Å². The van der Waals surface area contributed by atoms with Crippen LogP contribution < -0.4 is 0 Å². The third-order valence-electron chi connectivity index (χ3n) is 15.4. The number of furan rings is 1. The Hall–Kier alpha value is -9.77. The average molecular weight is 942 g/mol. The third-order valence-corrected chi connectivity index (χ3v) is 15.4. The van der Waals surface area contributed by atoms with Crippen LogP contribution in [0, 0.1) is 0 Å². The molecule has 0 saturated carbocycles. The Morgan fingerprint density at radius 1 is 0.243 bits per heavy atom. The molecule has 0 bridgehead atoms. The van der Waals surface area contributed by atoms with Gasteiger partial charge in [0.1, 0.15) is 11.2 Å². The topological polar surface area (TPSA) is 51.8 Å². The molecule has 0 fully saturated rings. The number of aromatic nitrogens is 3. The molecule has 0 aliphatic heterocycles. The van der Waals surface area contributed by atoms with Crippen LogP contribution in [0.25, 0.3) is 123 Å². The lowest BCUT2D eigenvalue weighted by atomic mass is 9.70. The number of fused-ring (bicyclic) bond motifs is 13. The van der Waals surface area contributed by atoms with Crippen LogP contribution in [-0.2, 0) is 5.41 Å². The molecule has 0 saturated heterocycles. The van der Waals surface area contributed by atoms with Gasteiger partial charge in [0.25, 0.3) is 0 Å². The van der Waals surface area contributed by atoms with Crippen LogP contribution in [0.3, 0.4) is 0 Å². The van der Waals surface area contributed by atoms with E-state index in [0.717, 1.165) is 72.0 Å². The van der Waals surface area contributed by atoms with Crippen LogP contribution in [0.2, 0.25) is 0 Å². The standard InChI is InChI=1S/C70H43N3O/c1-3-16-44(17-4-1)45-34-36-49(37-35-45)67-71-68(56-24-8-7-20-52(56)48-18-5-2-6-19-48)73-69(72-67)57-25-15-29-65-66(57)59-43-51(39-41-64(59)74-65)47-32-30-46(31-33-47)50-38-40-63-58(42-50)55-23-11-14-28-62(55)70(63)60-26-12-9-21-53(60)54-22-10-13-27-61(54)70/h1-43H. The second-order valence-corrected chi connectivity index (χ2v) is 19.4. The Labute approximate surface area is 428 Å². The summed E-state index contributed by atoms with van der Waals surface area (Å²) in [5.74, 6) is 1.77. The Kier molecular flexibility index (Phi) is 9.45. The van der Waals surface area contributed by atoms with Gasteiger partial charge in [-0.2, -0.15) is 0 Å². The monoisotopic (exact) mass is 941 g/mol. The molecular formula is C70H43N3O. The lowest BCUT2D eigenvalue weighted by Crippen LogP contribution is -2.25. The minimum absolute atomic E-state index is 0.353. The number of hydrogen-bond donors (Lipinski definition) is 0. The summed E-state index contributed by atoms with van der Waals surface area (Å²) in [5, 5.41) is 1.96. The molecule has 74 heavy (non-hydrogen) atoms. The van der Waals surface area contributed by atoms with Gasteiger partial charge in [0, 0.05) is 27.5 Å². The molecule has 4 nitrogen and oxygen atoms in total. The molecule has 0 radical (unpaired) electrons. The Bertz CT molecular complexity index is 4300. The van der Waals surface area contributed by atoms with Crippen molar-refractivity contribution in [2.24, 2.45) is 0 Å². The number of rotatable bonds is 7. The minimum Gasteiger partial charge on any atom is -0.456 e. The molecule has 2 heterocycles. The molecule has 11 aromatic carbocycles. The van der Waals surface area contributed by atoms with Crippen LogP contribution in [0.5, 0.6) is 0 Å². The number of hydrogen-bond acceptors (Lipinski definition) is 4. The van der Waals surface area contributed by atoms with Crippen LogP contribution in [0.4, 0.5) is 0 Å². The summed E-state index contributed by atoms with van der Waals surface area (Å²) >= 11 is 0. The second-order valence-electron chi connectivity index (χ2n) is 19.4. The zero-order chi connectivity index (χ0) is 48.7. The van der Waals surface area contributed by atoms with E-state index < -0.39 is 0 Å². The van der Waals surface area contributed by atoms with E-state index in [1.165, 1.54) is 55.6 Å². The zero-order valence-electron chi connectivity index (χ0n) is 40.1. The molecule has 2 aliphatic rings. The predicted molar refractivity (Wildman–Crippen MR) is 301 cm³/mol. The van der Waals surface area contributed by atoms with Crippen LogP contribution in [0.15, 0.2) is 265 Å². The highest BCUT2D eigenvalue weighted by Crippen LogP contribution is 2.63. The molecule has 0 unspecified atom stereocenters.